The fourth-order valence-electron chi connectivity index (χ4n) is 1.09. The minimum atomic E-state index is -0.262. The molecular formula is C9H16N4O. The predicted molar refractivity (Wildman–Crippen MR) is 54.6 cm³/mol. The van der Waals surface area contributed by atoms with Gasteiger partial charge in [0, 0.05) is 25.9 Å². The van der Waals surface area contributed by atoms with E-state index in [1.807, 2.05) is 13.8 Å². The summed E-state index contributed by atoms with van der Waals surface area (Å²) in [5, 5.41) is 0. The van der Waals surface area contributed by atoms with Crippen molar-refractivity contribution in [1.82, 2.24) is 9.97 Å². The van der Waals surface area contributed by atoms with E-state index in [0.717, 1.165) is 5.69 Å². The summed E-state index contributed by atoms with van der Waals surface area (Å²) >= 11 is 0. The fourth-order valence-corrected chi connectivity index (χ4v) is 1.09. The molecule has 78 valence electrons. The fraction of sp³-hybridized carbons (Fsp3) is 0.556. The molecule has 5 heteroatoms. The zero-order chi connectivity index (χ0) is 10.6. The highest BCUT2D eigenvalue weighted by Gasteiger charge is 2.20. The van der Waals surface area contributed by atoms with Crippen LogP contribution in [0.5, 0.6) is 0 Å². The molecule has 3 N–H and O–H groups in total. The summed E-state index contributed by atoms with van der Waals surface area (Å²) in [4.78, 5) is 8.26. The standard InChI is InChI=1S/C9H16N4O/c1-9(2,14-3)6-7-8(13-10)12-5-4-11-7/h4-5H,6,10H2,1-3H3,(H,12,13). The minimum Gasteiger partial charge on any atom is -0.378 e. The Kier molecular flexibility index (Phi) is 3.38. The van der Waals surface area contributed by atoms with E-state index in [2.05, 4.69) is 15.4 Å². The van der Waals surface area contributed by atoms with Gasteiger partial charge in [-0.1, -0.05) is 0 Å². The third-order valence-corrected chi connectivity index (χ3v) is 2.06. The number of nitrogens with zero attached hydrogens (tertiary/aromatic N) is 2. The Bertz CT molecular complexity index is 301. The average molecular weight is 196 g/mol. The molecule has 0 saturated carbocycles. The number of nitrogens with one attached hydrogen (secondary N) is 1. The molecule has 0 aliphatic rings. The number of hydrogen-bond acceptors (Lipinski definition) is 5. The molecule has 5 nitrogen and oxygen atoms in total. The van der Waals surface area contributed by atoms with Crippen LogP contribution < -0.4 is 11.3 Å². The highest BCUT2D eigenvalue weighted by Crippen LogP contribution is 2.18. The Balaban J connectivity index is 2.85. The molecule has 1 aromatic heterocycles. The van der Waals surface area contributed by atoms with Crippen molar-refractivity contribution in [2.24, 2.45) is 5.84 Å². The van der Waals surface area contributed by atoms with E-state index < -0.39 is 0 Å². The van der Waals surface area contributed by atoms with Gasteiger partial charge in [0.2, 0.25) is 0 Å². The molecule has 0 spiro atoms. The Morgan fingerprint density at radius 2 is 2.07 bits per heavy atom. The molecule has 0 radical (unpaired) electrons. The molecule has 0 amide bonds. The van der Waals surface area contributed by atoms with E-state index in [9.17, 15) is 0 Å². The van der Waals surface area contributed by atoms with Crippen molar-refractivity contribution >= 4 is 5.82 Å². The first-order chi connectivity index (χ1) is 6.59. The predicted octanol–water partition coefficient (Wildman–Crippen LogP) is 0.730. The minimum absolute atomic E-state index is 0.262. The van der Waals surface area contributed by atoms with Crippen molar-refractivity contribution in [3.8, 4) is 0 Å². The molecule has 0 bridgehead atoms. The number of aromatic nitrogens is 2. The largest absolute Gasteiger partial charge is 0.378 e. The number of rotatable bonds is 4. The van der Waals surface area contributed by atoms with Gasteiger partial charge in [0.25, 0.3) is 0 Å². The molecule has 0 aliphatic heterocycles. The van der Waals surface area contributed by atoms with Crippen molar-refractivity contribution in [2.45, 2.75) is 25.9 Å². The van der Waals surface area contributed by atoms with E-state index in [4.69, 9.17) is 10.6 Å². The van der Waals surface area contributed by atoms with E-state index in [1.165, 1.54) is 0 Å². The molecule has 0 saturated heterocycles. The lowest BCUT2D eigenvalue weighted by atomic mass is 10.0. The number of methoxy groups -OCH3 is 1. The second-order valence-corrected chi connectivity index (χ2v) is 3.64. The van der Waals surface area contributed by atoms with Crippen LogP contribution in [0.3, 0.4) is 0 Å². The van der Waals surface area contributed by atoms with Crippen molar-refractivity contribution in [3.63, 3.8) is 0 Å². The summed E-state index contributed by atoms with van der Waals surface area (Å²) in [7, 11) is 1.67. The van der Waals surface area contributed by atoms with Gasteiger partial charge >= 0.3 is 0 Å². The van der Waals surface area contributed by atoms with Crippen LogP contribution in [-0.2, 0) is 11.2 Å². The Labute approximate surface area is 83.7 Å². The highest BCUT2D eigenvalue weighted by molar-refractivity contribution is 5.38. The van der Waals surface area contributed by atoms with Crippen LogP contribution in [0.25, 0.3) is 0 Å². The van der Waals surface area contributed by atoms with Gasteiger partial charge in [-0.25, -0.2) is 10.8 Å². The summed E-state index contributed by atoms with van der Waals surface area (Å²) in [6, 6.07) is 0. The quantitative estimate of drug-likeness (QED) is 0.548. The number of anilines is 1. The zero-order valence-corrected chi connectivity index (χ0v) is 8.74. The molecule has 0 atom stereocenters. The molecule has 0 aromatic carbocycles. The van der Waals surface area contributed by atoms with Crippen molar-refractivity contribution < 1.29 is 4.74 Å². The van der Waals surface area contributed by atoms with E-state index >= 15 is 0 Å². The molecule has 1 rings (SSSR count). The molecule has 0 unspecified atom stereocenters. The van der Waals surface area contributed by atoms with Gasteiger partial charge in [-0.3, -0.25) is 4.98 Å². The maximum absolute atomic E-state index is 5.32. The lowest BCUT2D eigenvalue weighted by Gasteiger charge is -2.22. The van der Waals surface area contributed by atoms with Crippen LogP contribution >= 0.6 is 0 Å². The van der Waals surface area contributed by atoms with E-state index in [1.54, 1.807) is 19.5 Å². The number of hydrogen-bond donors (Lipinski definition) is 2. The second kappa shape index (κ2) is 4.34. The summed E-state index contributed by atoms with van der Waals surface area (Å²) in [5.74, 6) is 5.91. The number of nitrogens with two attached hydrogens (primary N) is 1. The van der Waals surface area contributed by atoms with Gasteiger partial charge in [0.1, 0.15) is 0 Å². The van der Waals surface area contributed by atoms with Crippen LogP contribution in [-0.4, -0.2) is 22.7 Å². The normalized spacial score (nSPS) is 11.4. The molecule has 0 fully saturated rings. The van der Waals surface area contributed by atoms with Gasteiger partial charge < -0.3 is 10.2 Å². The third-order valence-electron chi connectivity index (χ3n) is 2.06. The van der Waals surface area contributed by atoms with Crippen molar-refractivity contribution in [1.29, 1.82) is 0 Å². The maximum Gasteiger partial charge on any atom is 0.161 e. The lowest BCUT2D eigenvalue weighted by molar-refractivity contribution is 0.0225. The average Bonchev–Trinajstić information content (AvgIpc) is 2.18. The summed E-state index contributed by atoms with van der Waals surface area (Å²) in [6.07, 6.45) is 3.90. The first-order valence-corrected chi connectivity index (χ1v) is 4.41. The summed E-state index contributed by atoms with van der Waals surface area (Å²) < 4.78 is 5.30. The Morgan fingerprint density at radius 1 is 1.43 bits per heavy atom. The van der Waals surface area contributed by atoms with Crippen molar-refractivity contribution in [3.05, 3.63) is 18.1 Å². The van der Waals surface area contributed by atoms with Gasteiger partial charge in [0.05, 0.1) is 11.3 Å². The van der Waals surface area contributed by atoms with Crippen LogP contribution in [0.4, 0.5) is 5.82 Å². The molecular weight excluding hydrogens is 180 g/mol. The summed E-state index contributed by atoms with van der Waals surface area (Å²) in [6.45, 7) is 3.98. The SMILES string of the molecule is COC(C)(C)Cc1nccnc1NN. The van der Waals surface area contributed by atoms with Crippen LogP contribution in [0.1, 0.15) is 19.5 Å². The van der Waals surface area contributed by atoms with Gasteiger partial charge in [0.15, 0.2) is 5.82 Å². The number of hydrazine groups is 1. The zero-order valence-electron chi connectivity index (χ0n) is 8.74. The Hall–Kier alpha value is -1.20. The highest BCUT2D eigenvalue weighted by atomic mass is 16.5. The molecule has 1 aromatic rings. The van der Waals surface area contributed by atoms with Crippen LogP contribution in [0.15, 0.2) is 12.4 Å². The smallest absolute Gasteiger partial charge is 0.161 e. The topological polar surface area (TPSA) is 73.1 Å². The lowest BCUT2D eigenvalue weighted by Crippen LogP contribution is -2.27. The van der Waals surface area contributed by atoms with E-state index in [-0.39, 0.29) is 5.60 Å². The molecule has 0 aliphatic carbocycles. The van der Waals surface area contributed by atoms with E-state index in [0.29, 0.717) is 12.2 Å². The molecule has 1 heterocycles. The van der Waals surface area contributed by atoms with Gasteiger partial charge in [-0.15, -0.1) is 0 Å². The molecule has 14 heavy (non-hydrogen) atoms. The number of nitrogen functional groups attached to an aromatic ring is 1. The van der Waals surface area contributed by atoms with Gasteiger partial charge in [-0.2, -0.15) is 0 Å². The summed E-state index contributed by atoms with van der Waals surface area (Å²) in [5.41, 5.74) is 3.06. The van der Waals surface area contributed by atoms with Crippen LogP contribution in [0, 0.1) is 0 Å². The van der Waals surface area contributed by atoms with Crippen LogP contribution in [0.2, 0.25) is 0 Å². The first-order valence-electron chi connectivity index (χ1n) is 4.41. The monoisotopic (exact) mass is 196 g/mol. The Morgan fingerprint density at radius 3 is 2.64 bits per heavy atom. The second-order valence-electron chi connectivity index (χ2n) is 3.64. The van der Waals surface area contributed by atoms with Gasteiger partial charge in [-0.05, 0) is 13.8 Å². The first kappa shape index (κ1) is 10.9. The van der Waals surface area contributed by atoms with Crippen molar-refractivity contribution in [2.75, 3.05) is 12.5 Å². The maximum atomic E-state index is 5.32. The number of ether oxygens (including phenoxy) is 1. The third kappa shape index (κ3) is 2.65.